The summed E-state index contributed by atoms with van der Waals surface area (Å²) in [5.41, 5.74) is 0.763. The number of amides is 1. The number of carbonyl (C=O) groups is 1. The fraction of sp³-hybridized carbons (Fsp3) is 0.250. The Bertz CT molecular complexity index is 575. The van der Waals surface area contributed by atoms with E-state index in [0.717, 1.165) is 18.4 Å². The first kappa shape index (κ1) is 11.2. The smallest absolute Gasteiger partial charge is 0.322 e. The Hall–Kier alpha value is -1.88. The normalized spacial score (nSPS) is 14.5. The van der Waals surface area contributed by atoms with Crippen LogP contribution in [0.3, 0.4) is 0 Å². The molecule has 0 bridgehead atoms. The number of hydrogen-bond acceptors (Lipinski definition) is 4. The third-order valence-corrected chi connectivity index (χ3v) is 2.95. The number of carbonyl (C=O) groups excluding carboxylic acids is 1. The van der Waals surface area contributed by atoms with E-state index in [1.54, 1.807) is 24.3 Å². The van der Waals surface area contributed by atoms with Gasteiger partial charge < -0.3 is 4.42 Å². The predicted octanol–water partition coefficient (Wildman–Crippen LogP) is 2.74. The molecule has 18 heavy (non-hydrogen) atoms. The topological polar surface area (TPSA) is 68.0 Å². The van der Waals surface area contributed by atoms with E-state index in [2.05, 4.69) is 15.5 Å². The van der Waals surface area contributed by atoms with E-state index < -0.39 is 0 Å². The van der Waals surface area contributed by atoms with Gasteiger partial charge >= 0.3 is 6.01 Å². The van der Waals surface area contributed by atoms with Gasteiger partial charge in [-0.15, -0.1) is 5.10 Å². The van der Waals surface area contributed by atoms with Gasteiger partial charge in [-0.1, -0.05) is 16.7 Å². The van der Waals surface area contributed by atoms with Crippen molar-refractivity contribution in [1.29, 1.82) is 0 Å². The predicted molar refractivity (Wildman–Crippen MR) is 66.1 cm³/mol. The van der Waals surface area contributed by atoms with E-state index >= 15 is 0 Å². The lowest BCUT2D eigenvalue weighted by Gasteiger charge is -1.96. The van der Waals surface area contributed by atoms with E-state index in [9.17, 15) is 4.79 Å². The number of nitrogens with one attached hydrogen (secondary N) is 1. The van der Waals surface area contributed by atoms with Crippen LogP contribution in [0, 0.1) is 5.92 Å². The average Bonchev–Trinajstić information content (AvgIpc) is 3.12. The molecule has 0 radical (unpaired) electrons. The maximum absolute atomic E-state index is 11.5. The van der Waals surface area contributed by atoms with Crippen LogP contribution in [0.25, 0.3) is 11.5 Å². The third-order valence-electron chi connectivity index (χ3n) is 2.69. The summed E-state index contributed by atoms with van der Waals surface area (Å²) in [5, 5.41) is 10.9. The summed E-state index contributed by atoms with van der Waals surface area (Å²) in [6, 6.07) is 7.18. The van der Waals surface area contributed by atoms with Gasteiger partial charge in [0.15, 0.2) is 0 Å². The van der Waals surface area contributed by atoms with Crippen LogP contribution in [0.15, 0.2) is 28.7 Å². The van der Waals surface area contributed by atoms with Crippen molar-refractivity contribution in [1.82, 2.24) is 10.2 Å². The highest BCUT2D eigenvalue weighted by atomic mass is 35.5. The molecule has 0 unspecified atom stereocenters. The number of aromatic nitrogens is 2. The van der Waals surface area contributed by atoms with Gasteiger partial charge in [-0.2, -0.15) is 0 Å². The van der Waals surface area contributed by atoms with Crippen LogP contribution in [-0.2, 0) is 4.79 Å². The molecule has 92 valence electrons. The Morgan fingerprint density at radius 2 is 2.00 bits per heavy atom. The third kappa shape index (κ3) is 2.36. The summed E-state index contributed by atoms with van der Waals surface area (Å²) >= 11 is 5.79. The molecule has 0 saturated heterocycles. The first-order valence-electron chi connectivity index (χ1n) is 5.63. The standard InChI is InChI=1S/C12H10ClN3O2/c13-9-5-3-8(4-6-9)11-15-16-12(18-11)14-10(17)7-1-2-7/h3-7H,1-2H2,(H,14,16,17). The summed E-state index contributed by atoms with van der Waals surface area (Å²) in [7, 11) is 0. The van der Waals surface area contributed by atoms with Gasteiger partial charge in [0.2, 0.25) is 11.8 Å². The highest BCUT2D eigenvalue weighted by Crippen LogP contribution is 2.30. The first-order chi connectivity index (χ1) is 8.72. The van der Waals surface area contributed by atoms with Crippen LogP contribution in [0.4, 0.5) is 6.01 Å². The summed E-state index contributed by atoms with van der Waals surface area (Å²) in [4.78, 5) is 11.5. The number of halogens is 1. The highest BCUT2D eigenvalue weighted by molar-refractivity contribution is 6.30. The molecule has 6 heteroatoms. The zero-order chi connectivity index (χ0) is 12.5. The fourth-order valence-corrected chi connectivity index (χ4v) is 1.66. The van der Waals surface area contributed by atoms with Crippen molar-refractivity contribution in [3.05, 3.63) is 29.3 Å². The van der Waals surface area contributed by atoms with Crippen molar-refractivity contribution >= 4 is 23.5 Å². The van der Waals surface area contributed by atoms with Crippen molar-refractivity contribution in [2.75, 3.05) is 5.32 Å². The molecule has 1 aliphatic carbocycles. The van der Waals surface area contributed by atoms with Crippen LogP contribution in [0.2, 0.25) is 5.02 Å². The van der Waals surface area contributed by atoms with Crippen LogP contribution in [0.5, 0.6) is 0 Å². The van der Waals surface area contributed by atoms with E-state index in [1.165, 1.54) is 0 Å². The second kappa shape index (κ2) is 4.42. The highest BCUT2D eigenvalue weighted by Gasteiger charge is 2.30. The largest absolute Gasteiger partial charge is 0.403 e. The second-order valence-electron chi connectivity index (χ2n) is 4.18. The molecule has 1 N–H and O–H groups in total. The molecular weight excluding hydrogens is 254 g/mol. The maximum Gasteiger partial charge on any atom is 0.322 e. The average molecular weight is 264 g/mol. The van der Waals surface area contributed by atoms with Gasteiger partial charge in [0.25, 0.3) is 0 Å². The molecule has 1 fully saturated rings. The molecule has 1 saturated carbocycles. The maximum atomic E-state index is 11.5. The number of nitrogens with zero attached hydrogens (tertiary/aromatic N) is 2. The van der Waals surface area contributed by atoms with Gasteiger partial charge in [0.1, 0.15) is 0 Å². The molecule has 1 aliphatic rings. The molecular formula is C12H10ClN3O2. The molecule has 0 spiro atoms. The molecule has 1 aromatic carbocycles. The number of anilines is 1. The summed E-state index contributed by atoms with van der Waals surface area (Å²) in [6.45, 7) is 0. The molecule has 0 aliphatic heterocycles. The van der Waals surface area contributed by atoms with E-state index in [1.807, 2.05) is 0 Å². The molecule has 1 aromatic heterocycles. The van der Waals surface area contributed by atoms with Crippen LogP contribution in [0.1, 0.15) is 12.8 Å². The van der Waals surface area contributed by atoms with Gasteiger partial charge in [-0.25, -0.2) is 0 Å². The Morgan fingerprint density at radius 1 is 1.28 bits per heavy atom. The molecule has 2 aromatic rings. The van der Waals surface area contributed by atoms with Gasteiger partial charge in [0, 0.05) is 16.5 Å². The van der Waals surface area contributed by atoms with Gasteiger partial charge in [-0.05, 0) is 37.1 Å². The van der Waals surface area contributed by atoms with Crippen molar-refractivity contribution in [2.45, 2.75) is 12.8 Å². The summed E-state index contributed by atoms with van der Waals surface area (Å²) < 4.78 is 5.36. The van der Waals surface area contributed by atoms with Crippen LogP contribution in [-0.4, -0.2) is 16.1 Å². The van der Waals surface area contributed by atoms with E-state index in [0.29, 0.717) is 10.9 Å². The van der Waals surface area contributed by atoms with Crippen LogP contribution < -0.4 is 5.32 Å². The Kier molecular flexibility index (Phi) is 2.76. The first-order valence-corrected chi connectivity index (χ1v) is 6.00. The number of hydrogen-bond donors (Lipinski definition) is 1. The molecule has 1 amide bonds. The summed E-state index contributed by atoms with van der Waals surface area (Å²) in [5.74, 6) is 0.412. The molecule has 0 atom stereocenters. The fourth-order valence-electron chi connectivity index (χ4n) is 1.54. The second-order valence-corrected chi connectivity index (χ2v) is 4.62. The van der Waals surface area contributed by atoms with Crippen molar-refractivity contribution < 1.29 is 9.21 Å². The van der Waals surface area contributed by atoms with Crippen molar-refractivity contribution in [3.63, 3.8) is 0 Å². The SMILES string of the molecule is O=C(Nc1nnc(-c2ccc(Cl)cc2)o1)C1CC1. The lowest BCUT2D eigenvalue weighted by molar-refractivity contribution is -0.117. The number of benzene rings is 1. The lowest BCUT2D eigenvalue weighted by Crippen LogP contribution is -2.13. The minimum Gasteiger partial charge on any atom is -0.403 e. The van der Waals surface area contributed by atoms with Crippen molar-refractivity contribution in [2.24, 2.45) is 5.92 Å². The van der Waals surface area contributed by atoms with E-state index in [4.69, 9.17) is 16.0 Å². The molecule has 1 heterocycles. The minimum absolute atomic E-state index is 0.0543. The molecule has 3 rings (SSSR count). The van der Waals surface area contributed by atoms with Crippen LogP contribution >= 0.6 is 11.6 Å². The van der Waals surface area contributed by atoms with E-state index in [-0.39, 0.29) is 17.8 Å². The quantitative estimate of drug-likeness (QED) is 0.924. The van der Waals surface area contributed by atoms with Gasteiger partial charge in [-0.3, -0.25) is 10.1 Å². The summed E-state index contributed by atoms with van der Waals surface area (Å²) in [6.07, 6.45) is 1.87. The lowest BCUT2D eigenvalue weighted by atomic mass is 10.2. The Labute approximate surface area is 108 Å². The van der Waals surface area contributed by atoms with Gasteiger partial charge in [0.05, 0.1) is 0 Å². The number of rotatable bonds is 3. The Balaban J connectivity index is 1.76. The zero-order valence-electron chi connectivity index (χ0n) is 9.39. The Morgan fingerprint density at radius 3 is 2.67 bits per heavy atom. The van der Waals surface area contributed by atoms with Crippen molar-refractivity contribution in [3.8, 4) is 11.5 Å². The molecule has 5 nitrogen and oxygen atoms in total. The zero-order valence-corrected chi connectivity index (χ0v) is 10.1. The monoisotopic (exact) mass is 263 g/mol. The minimum atomic E-state index is -0.0543.